The number of benzene rings is 1. The molecule has 0 amide bonds. The molecule has 3 rings (SSSR count). The zero-order chi connectivity index (χ0) is 11.0. The summed E-state index contributed by atoms with van der Waals surface area (Å²) in [7, 11) is 0. The summed E-state index contributed by atoms with van der Waals surface area (Å²) < 4.78 is 1.07. The Hall–Kier alpha value is -1.13. The molecular formula is C13H10Br2N2. The fourth-order valence-corrected chi connectivity index (χ4v) is 2.44. The van der Waals surface area contributed by atoms with Crippen molar-refractivity contribution in [1.82, 2.24) is 9.97 Å². The number of aromatic nitrogens is 2. The highest BCUT2D eigenvalue weighted by Crippen LogP contribution is 2.33. The molecule has 0 aliphatic heterocycles. The Morgan fingerprint density at radius 2 is 1.76 bits per heavy atom. The van der Waals surface area contributed by atoms with Gasteiger partial charge in [0.15, 0.2) is 0 Å². The standard InChI is InChI=1S/C13H9BrN2.BrH/c14-12-9-5-1-2-6-10(9)16-13(12)11-7-3-4-8-15-11;/h1-8,16H;1H. The lowest BCUT2D eigenvalue weighted by atomic mass is 10.2. The summed E-state index contributed by atoms with van der Waals surface area (Å²) in [6, 6.07) is 14.1. The third-order valence-electron chi connectivity index (χ3n) is 2.56. The molecule has 0 saturated heterocycles. The van der Waals surface area contributed by atoms with Gasteiger partial charge < -0.3 is 4.98 Å². The summed E-state index contributed by atoms with van der Waals surface area (Å²) in [4.78, 5) is 7.71. The maximum absolute atomic E-state index is 4.34. The fraction of sp³-hybridized carbons (Fsp3) is 0. The van der Waals surface area contributed by atoms with E-state index in [4.69, 9.17) is 0 Å². The van der Waals surface area contributed by atoms with Crippen molar-refractivity contribution in [2.45, 2.75) is 0 Å². The average molecular weight is 354 g/mol. The van der Waals surface area contributed by atoms with Crippen LogP contribution >= 0.6 is 32.9 Å². The third kappa shape index (κ3) is 2.15. The number of rotatable bonds is 1. The number of nitrogens with one attached hydrogen (secondary N) is 1. The fourth-order valence-electron chi connectivity index (χ4n) is 1.79. The summed E-state index contributed by atoms with van der Waals surface area (Å²) in [5.74, 6) is 0. The first kappa shape index (κ1) is 12.3. The average Bonchev–Trinajstić information content (AvgIpc) is 2.69. The molecule has 0 fully saturated rings. The summed E-state index contributed by atoms with van der Waals surface area (Å²) in [6.45, 7) is 0. The number of H-pyrrole nitrogens is 1. The van der Waals surface area contributed by atoms with Crippen molar-refractivity contribution >= 4 is 43.8 Å². The Balaban J connectivity index is 0.00000108. The van der Waals surface area contributed by atoms with Gasteiger partial charge in [-0.3, -0.25) is 4.98 Å². The van der Waals surface area contributed by atoms with Gasteiger partial charge in [-0.05, 0) is 34.1 Å². The minimum atomic E-state index is 0. The molecule has 2 aromatic heterocycles. The molecule has 0 bridgehead atoms. The van der Waals surface area contributed by atoms with Crippen LogP contribution in [0.2, 0.25) is 0 Å². The van der Waals surface area contributed by atoms with E-state index in [2.05, 4.69) is 38.0 Å². The molecule has 0 unspecified atom stereocenters. The third-order valence-corrected chi connectivity index (χ3v) is 3.39. The zero-order valence-corrected chi connectivity index (χ0v) is 12.2. The molecule has 0 aliphatic rings. The van der Waals surface area contributed by atoms with Gasteiger partial charge in [0, 0.05) is 17.1 Å². The molecule has 17 heavy (non-hydrogen) atoms. The van der Waals surface area contributed by atoms with Crippen molar-refractivity contribution in [3.05, 3.63) is 53.1 Å². The van der Waals surface area contributed by atoms with Gasteiger partial charge >= 0.3 is 0 Å². The van der Waals surface area contributed by atoms with Crippen molar-refractivity contribution in [3.8, 4) is 11.4 Å². The highest BCUT2D eigenvalue weighted by molar-refractivity contribution is 9.10. The molecule has 0 atom stereocenters. The smallest absolute Gasteiger partial charge is 0.0876 e. The molecule has 2 nitrogen and oxygen atoms in total. The first-order valence-corrected chi connectivity index (χ1v) is 5.83. The van der Waals surface area contributed by atoms with Gasteiger partial charge in [0.25, 0.3) is 0 Å². The molecule has 2 heterocycles. The molecule has 3 aromatic rings. The second-order valence-corrected chi connectivity index (χ2v) is 4.37. The molecule has 1 N–H and O–H groups in total. The SMILES string of the molecule is Br.Brc1c(-c2ccccn2)[nH]c2ccccc12. The van der Waals surface area contributed by atoms with Gasteiger partial charge in [0.1, 0.15) is 0 Å². The Kier molecular flexibility index (Phi) is 3.64. The molecule has 1 aromatic carbocycles. The van der Waals surface area contributed by atoms with Crippen LogP contribution in [0.15, 0.2) is 53.1 Å². The van der Waals surface area contributed by atoms with Crippen LogP contribution in [0, 0.1) is 0 Å². The summed E-state index contributed by atoms with van der Waals surface area (Å²) >= 11 is 3.62. The lowest BCUT2D eigenvalue weighted by Crippen LogP contribution is -1.81. The van der Waals surface area contributed by atoms with Crippen molar-refractivity contribution in [2.24, 2.45) is 0 Å². The van der Waals surface area contributed by atoms with E-state index in [1.807, 2.05) is 30.3 Å². The molecule has 0 aliphatic carbocycles. The lowest BCUT2D eigenvalue weighted by Gasteiger charge is -1.96. The predicted octanol–water partition coefficient (Wildman–Crippen LogP) is 4.57. The van der Waals surface area contributed by atoms with E-state index in [0.29, 0.717) is 0 Å². The lowest BCUT2D eigenvalue weighted by molar-refractivity contribution is 1.29. The van der Waals surface area contributed by atoms with Crippen molar-refractivity contribution in [1.29, 1.82) is 0 Å². The maximum Gasteiger partial charge on any atom is 0.0876 e. The van der Waals surface area contributed by atoms with E-state index >= 15 is 0 Å². The number of fused-ring (bicyclic) bond motifs is 1. The number of pyridine rings is 1. The normalized spacial score (nSPS) is 10.2. The van der Waals surface area contributed by atoms with Gasteiger partial charge in [-0.15, -0.1) is 17.0 Å². The Morgan fingerprint density at radius 1 is 1.00 bits per heavy atom. The van der Waals surface area contributed by atoms with Gasteiger partial charge in [-0.25, -0.2) is 0 Å². The summed E-state index contributed by atoms with van der Waals surface area (Å²) in [6.07, 6.45) is 1.80. The largest absolute Gasteiger partial charge is 0.352 e. The molecular weight excluding hydrogens is 344 g/mol. The van der Waals surface area contributed by atoms with E-state index in [9.17, 15) is 0 Å². The van der Waals surface area contributed by atoms with Crippen LogP contribution in [-0.2, 0) is 0 Å². The Bertz CT molecular complexity index is 632. The van der Waals surface area contributed by atoms with Crippen LogP contribution in [0.1, 0.15) is 0 Å². The molecule has 4 heteroatoms. The Morgan fingerprint density at radius 3 is 2.47 bits per heavy atom. The second-order valence-electron chi connectivity index (χ2n) is 3.57. The Labute approximate surface area is 118 Å². The quantitative estimate of drug-likeness (QED) is 0.682. The highest BCUT2D eigenvalue weighted by atomic mass is 79.9. The van der Waals surface area contributed by atoms with Crippen LogP contribution in [0.3, 0.4) is 0 Å². The first-order valence-electron chi connectivity index (χ1n) is 5.04. The van der Waals surface area contributed by atoms with E-state index in [1.165, 1.54) is 5.39 Å². The minimum absolute atomic E-state index is 0. The van der Waals surface area contributed by atoms with Gasteiger partial charge in [-0.2, -0.15) is 0 Å². The predicted molar refractivity (Wildman–Crippen MR) is 79.6 cm³/mol. The minimum Gasteiger partial charge on any atom is -0.352 e. The van der Waals surface area contributed by atoms with E-state index in [0.717, 1.165) is 21.4 Å². The zero-order valence-electron chi connectivity index (χ0n) is 8.85. The van der Waals surface area contributed by atoms with Gasteiger partial charge in [0.05, 0.1) is 15.9 Å². The molecule has 86 valence electrons. The summed E-state index contributed by atoms with van der Waals surface area (Å²) in [5.41, 5.74) is 3.10. The van der Waals surface area contributed by atoms with Crippen LogP contribution in [0.5, 0.6) is 0 Å². The number of para-hydroxylation sites is 1. The van der Waals surface area contributed by atoms with Crippen LogP contribution in [0.4, 0.5) is 0 Å². The van der Waals surface area contributed by atoms with Gasteiger partial charge in [-0.1, -0.05) is 24.3 Å². The first-order chi connectivity index (χ1) is 7.86. The highest BCUT2D eigenvalue weighted by Gasteiger charge is 2.10. The van der Waals surface area contributed by atoms with E-state index < -0.39 is 0 Å². The van der Waals surface area contributed by atoms with Crippen LogP contribution < -0.4 is 0 Å². The number of hydrogen-bond donors (Lipinski definition) is 1. The summed E-state index contributed by atoms with van der Waals surface area (Å²) in [5, 5.41) is 1.18. The number of nitrogens with zero attached hydrogens (tertiary/aromatic N) is 1. The molecule has 0 radical (unpaired) electrons. The number of aromatic amines is 1. The van der Waals surface area contributed by atoms with Gasteiger partial charge in [0.2, 0.25) is 0 Å². The monoisotopic (exact) mass is 352 g/mol. The topological polar surface area (TPSA) is 28.7 Å². The molecule has 0 saturated carbocycles. The second kappa shape index (κ2) is 5.02. The van der Waals surface area contributed by atoms with Crippen molar-refractivity contribution in [3.63, 3.8) is 0 Å². The van der Waals surface area contributed by atoms with E-state index in [-0.39, 0.29) is 17.0 Å². The molecule has 0 spiro atoms. The number of halogens is 2. The van der Waals surface area contributed by atoms with Crippen LogP contribution in [-0.4, -0.2) is 9.97 Å². The number of hydrogen-bond acceptors (Lipinski definition) is 1. The maximum atomic E-state index is 4.34. The van der Waals surface area contributed by atoms with Crippen molar-refractivity contribution < 1.29 is 0 Å². The van der Waals surface area contributed by atoms with Crippen molar-refractivity contribution in [2.75, 3.05) is 0 Å². The van der Waals surface area contributed by atoms with E-state index in [1.54, 1.807) is 6.20 Å². The van der Waals surface area contributed by atoms with Crippen LogP contribution in [0.25, 0.3) is 22.3 Å².